The van der Waals surface area contributed by atoms with E-state index < -0.39 is 30.0 Å². The van der Waals surface area contributed by atoms with Gasteiger partial charge < -0.3 is 16.9 Å². The minimum Gasteiger partial charge on any atom is -0.412 e. The summed E-state index contributed by atoms with van der Waals surface area (Å²) >= 11 is 0. The Labute approximate surface area is 120 Å². The molecule has 0 aliphatic heterocycles. The van der Waals surface area contributed by atoms with Crippen LogP contribution in [-0.2, 0) is 20.2 Å². The average Bonchev–Trinajstić information content (AvgIpc) is 2.25. The largest absolute Gasteiger partial charge is 0.412 e. The van der Waals surface area contributed by atoms with Crippen LogP contribution in [0.5, 0.6) is 0 Å². The Morgan fingerprint density at radius 1 is 0.762 bits per heavy atom. The number of hydrogen-bond donors (Lipinski definition) is 4. The highest BCUT2D eigenvalue weighted by Gasteiger charge is 2.17. The molecule has 0 aromatic heterocycles. The van der Waals surface area contributed by atoms with Gasteiger partial charge in [-0.3, -0.25) is 9.11 Å². The van der Waals surface area contributed by atoms with E-state index in [4.69, 9.17) is 20.6 Å². The fraction of sp³-hybridized carbons (Fsp3) is 0. The summed E-state index contributed by atoms with van der Waals surface area (Å²) in [6.07, 6.45) is 0. The average molecular weight is 336 g/mol. The van der Waals surface area contributed by atoms with Crippen LogP contribution in [0.15, 0.2) is 34.1 Å². The van der Waals surface area contributed by atoms with Gasteiger partial charge in [0.15, 0.2) is 0 Å². The van der Waals surface area contributed by atoms with Crippen molar-refractivity contribution in [2.75, 3.05) is 11.5 Å². The lowest BCUT2D eigenvalue weighted by molar-refractivity contribution is 0.481. The molecule has 0 saturated carbocycles. The molecule has 2 aromatic carbocycles. The molecule has 0 atom stereocenters. The van der Waals surface area contributed by atoms with Crippen molar-refractivity contribution < 1.29 is 31.4 Å². The predicted molar refractivity (Wildman–Crippen MR) is 76.0 cm³/mol. The van der Waals surface area contributed by atoms with E-state index in [0.29, 0.717) is 0 Å². The van der Waals surface area contributed by atoms with Crippen molar-refractivity contribution in [1.29, 1.82) is 0 Å². The third-order valence-electron chi connectivity index (χ3n) is 2.65. The monoisotopic (exact) mass is 336 g/mol. The molecule has 0 amide bonds. The summed E-state index contributed by atoms with van der Waals surface area (Å²) in [5.74, 6) is 0. The molecule has 0 fully saturated rings. The van der Waals surface area contributed by atoms with Crippen molar-refractivity contribution in [2.24, 2.45) is 0 Å². The summed E-state index contributed by atoms with van der Waals surface area (Å²) < 4.78 is 62.4. The van der Waals surface area contributed by atoms with Gasteiger partial charge in [-0.25, -0.2) is 0 Å². The van der Waals surface area contributed by atoms with Crippen molar-refractivity contribution in [3.63, 3.8) is 0 Å². The van der Waals surface area contributed by atoms with E-state index in [9.17, 15) is 16.8 Å². The quantitative estimate of drug-likeness (QED) is 0.423. The van der Waals surface area contributed by atoms with Gasteiger partial charge in [0, 0.05) is 16.8 Å². The number of nitrogen functional groups attached to an aromatic ring is 2. The van der Waals surface area contributed by atoms with Gasteiger partial charge in [-0.2, -0.15) is 16.8 Å². The maximum atomic E-state index is 11.1. The van der Waals surface area contributed by atoms with Gasteiger partial charge in [-0.05, 0) is 29.7 Å². The molecular formula is C10H12N2O7S2. The first kappa shape index (κ1) is 17.1. The fourth-order valence-electron chi connectivity index (χ4n) is 1.82. The molecule has 2 rings (SSSR count). The maximum absolute atomic E-state index is 11.1. The van der Waals surface area contributed by atoms with Crippen molar-refractivity contribution in [2.45, 2.75) is 9.79 Å². The number of hydrogen-bond acceptors (Lipinski definition) is 6. The number of rotatable bonds is 2. The lowest BCUT2D eigenvalue weighted by Crippen LogP contribution is -2.04. The van der Waals surface area contributed by atoms with Gasteiger partial charge in [0.25, 0.3) is 20.2 Å². The van der Waals surface area contributed by atoms with E-state index in [0.717, 1.165) is 24.3 Å². The van der Waals surface area contributed by atoms with Crippen LogP contribution in [0.3, 0.4) is 0 Å². The number of nitrogens with two attached hydrogens (primary N) is 2. The third kappa shape index (κ3) is 3.22. The number of benzene rings is 2. The van der Waals surface area contributed by atoms with Crippen LogP contribution in [0, 0.1) is 0 Å². The Kier molecular flexibility index (Phi) is 4.18. The second-order valence-corrected chi connectivity index (χ2v) is 6.92. The molecule has 9 nitrogen and oxygen atoms in total. The Hall–Kier alpha value is -1.92. The lowest BCUT2D eigenvalue weighted by atomic mass is 10.1. The molecule has 0 aliphatic rings. The van der Waals surface area contributed by atoms with E-state index in [-0.39, 0.29) is 27.6 Å². The van der Waals surface area contributed by atoms with Crippen LogP contribution in [-0.4, -0.2) is 31.4 Å². The molecule has 0 aliphatic carbocycles. The zero-order valence-electron chi connectivity index (χ0n) is 10.3. The molecule has 0 spiro atoms. The molecule has 0 unspecified atom stereocenters. The molecule has 116 valence electrons. The van der Waals surface area contributed by atoms with E-state index in [2.05, 4.69) is 0 Å². The highest BCUT2D eigenvalue weighted by Crippen LogP contribution is 2.32. The summed E-state index contributed by atoms with van der Waals surface area (Å²) in [5, 5.41) is 0.287. The Bertz CT molecular complexity index is 847. The van der Waals surface area contributed by atoms with E-state index >= 15 is 0 Å². The molecule has 21 heavy (non-hydrogen) atoms. The summed E-state index contributed by atoms with van der Waals surface area (Å²) in [6.45, 7) is 0. The molecule has 2 aromatic rings. The van der Waals surface area contributed by atoms with E-state index in [1.54, 1.807) is 0 Å². The Morgan fingerprint density at radius 3 is 1.38 bits per heavy atom. The molecule has 0 heterocycles. The van der Waals surface area contributed by atoms with Gasteiger partial charge in [0.1, 0.15) is 0 Å². The normalized spacial score (nSPS) is 12.1. The number of anilines is 2. The highest BCUT2D eigenvalue weighted by atomic mass is 32.2. The van der Waals surface area contributed by atoms with E-state index in [1.807, 2.05) is 0 Å². The second-order valence-electron chi connectivity index (χ2n) is 4.07. The van der Waals surface area contributed by atoms with Gasteiger partial charge in [-0.15, -0.1) is 0 Å². The van der Waals surface area contributed by atoms with Crippen LogP contribution >= 0.6 is 0 Å². The number of fused-ring (bicyclic) bond motifs is 1. The van der Waals surface area contributed by atoms with Crippen LogP contribution in [0.4, 0.5) is 11.4 Å². The van der Waals surface area contributed by atoms with Crippen LogP contribution < -0.4 is 11.5 Å². The van der Waals surface area contributed by atoms with Crippen LogP contribution in [0.1, 0.15) is 0 Å². The zero-order valence-corrected chi connectivity index (χ0v) is 11.9. The molecule has 11 heteroatoms. The smallest absolute Gasteiger partial charge is 0.294 e. The van der Waals surface area contributed by atoms with Crippen molar-refractivity contribution in [3.8, 4) is 0 Å². The minimum atomic E-state index is -4.51. The first-order valence-electron chi connectivity index (χ1n) is 5.08. The van der Waals surface area contributed by atoms with Gasteiger partial charge in [0.05, 0.1) is 9.79 Å². The standard InChI is InChI=1S/C10H10N2O6S2.H2O/c11-8-3-6(19(13,14)15)1-5-2-7(20(16,17)18)4-9(12)10(5)8;/h1-4H,11-12H2,(H,13,14,15)(H,16,17,18);1H2. The summed E-state index contributed by atoms with van der Waals surface area (Å²) in [5.41, 5.74) is 11.2. The molecule has 0 saturated heterocycles. The Morgan fingerprint density at radius 2 is 1.10 bits per heavy atom. The predicted octanol–water partition coefficient (Wildman–Crippen LogP) is -0.327. The summed E-state index contributed by atoms with van der Waals surface area (Å²) in [7, 11) is -9.02. The molecular weight excluding hydrogens is 324 g/mol. The van der Waals surface area contributed by atoms with Gasteiger partial charge in [0.2, 0.25) is 0 Å². The molecule has 0 bridgehead atoms. The zero-order chi connectivity index (χ0) is 15.3. The fourth-order valence-corrected chi connectivity index (χ4v) is 2.93. The third-order valence-corrected chi connectivity index (χ3v) is 4.32. The lowest BCUT2D eigenvalue weighted by Gasteiger charge is -2.09. The first-order chi connectivity index (χ1) is 9.00. The summed E-state index contributed by atoms with van der Waals surface area (Å²) in [4.78, 5) is -1.01. The molecule has 8 N–H and O–H groups in total. The van der Waals surface area contributed by atoms with Crippen LogP contribution in [0.2, 0.25) is 0 Å². The van der Waals surface area contributed by atoms with Crippen LogP contribution in [0.25, 0.3) is 10.8 Å². The first-order valence-corrected chi connectivity index (χ1v) is 7.96. The molecule has 0 radical (unpaired) electrons. The second kappa shape index (κ2) is 5.13. The minimum absolute atomic E-state index is 0. The van der Waals surface area contributed by atoms with E-state index in [1.165, 1.54) is 0 Å². The SMILES string of the molecule is Nc1cc(S(=O)(=O)O)cc2cc(S(=O)(=O)O)cc(N)c12.O. The maximum Gasteiger partial charge on any atom is 0.294 e. The Balaban J connectivity index is 0.00000220. The van der Waals surface area contributed by atoms with Crippen molar-refractivity contribution in [1.82, 2.24) is 0 Å². The van der Waals surface area contributed by atoms with Gasteiger partial charge >= 0.3 is 0 Å². The van der Waals surface area contributed by atoms with Crippen molar-refractivity contribution in [3.05, 3.63) is 24.3 Å². The highest BCUT2D eigenvalue weighted by molar-refractivity contribution is 7.86. The van der Waals surface area contributed by atoms with Gasteiger partial charge in [-0.1, -0.05) is 0 Å². The summed E-state index contributed by atoms with van der Waals surface area (Å²) in [6, 6.07) is 4.01. The van der Waals surface area contributed by atoms with Crippen molar-refractivity contribution >= 4 is 42.4 Å². The topological polar surface area (TPSA) is 192 Å².